The highest BCUT2D eigenvalue weighted by Crippen LogP contribution is 2.19. The second-order valence-electron chi connectivity index (χ2n) is 8.86. The van der Waals surface area contributed by atoms with Crippen LogP contribution in [-0.4, -0.2) is 69.1 Å². The molecule has 4 aromatic rings. The third kappa shape index (κ3) is 5.38. The first kappa shape index (κ1) is 22.7. The lowest BCUT2D eigenvalue weighted by molar-refractivity contribution is 0.102. The van der Waals surface area contributed by atoms with Crippen LogP contribution in [-0.2, 0) is 6.54 Å². The van der Waals surface area contributed by atoms with Crippen molar-refractivity contribution in [1.82, 2.24) is 30.0 Å². The summed E-state index contributed by atoms with van der Waals surface area (Å²) in [6.45, 7) is 7.37. The zero-order valence-corrected chi connectivity index (χ0v) is 19.9. The van der Waals surface area contributed by atoms with Gasteiger partial charge in [0.15, 0.2) is 5.65 Å². The predicted molar refractivity (Wildman–Crippen MR) is 136 cm³/mol. The number of anilines is 1. The summed E-state index contributed by atoms with van der Waals surface area (Å²) in [5.74, 6) is 5.90. The Bertz CT molecular complexity index is 1420. The number of fused-ring (bicyclic) bond motifs is 1. The summed E-state index contributed by atoms with van der Waals surface area (Å²) >= 11 is 0. The topological polar surface area (TPSA) is 90.0 Å². The van der Waals surface area contributed by atoms with Crippen molar-refractivity contribution in [2.24, 2.45) is 0 Å². The van der Waals surface area contributed by atoms with Crippen molar-refractivity contribution < 1.29 is 4.79 Å². The van der Waals surface area contributed by atoms with Gasteiger partial charge in [-0.2, -0.15) is 5.10 Å². The highest BCUT2D eigenvalue weighted by atomic mass is 16.1. The lowest BCUT2D eigenvalue weighted by Crippen LogP contribution is -2.43. The average Bonchev–Trinajstić information content (AvgIpc) is 3.29. The van der Waals surface area contributed by atoms with E-state index in [4.69, 9.17) is 0 Å². The van der Waals surface area contributed by atoms with Gasteiger partial charge in [-0.05, 0) is 61.4 Å². The Morgan fingerprint density at radius 3 is 2.80 bits per heavy atom. The van der Waals surface area contributed by atoms with E-state index in [1.165, 1.54) is 11.1 Å². The van der Waals surface area contributed by atoms with Gasteiger partial charge in [-0.25, -0.2) is 4.98 Å². The van der Waals surface area contributed by atoms with Gasteiger partial charge < -0.3 is 10.2 Å². The largest absolute Gasteiger partial charge is 0.322 e. The highest BCUT2D eigenvalue weighted by molar-refractivity contribution is 6.04. The molecule has 1 aliphatic rings. The number of amides is 1. The van der Waals surface area contributed by atoms with E-state index in [2.05, 4.69) is 67.2 Å². The van der Waals surface area contributed by atoms with E-state index >= 15 is 0 Å². The van der Waals surface area contributed by atoms with Gasteiger partial charge >= 0.3 is 0 Å². The molecule has 2 N–H and O–H groups in total. The van der Waals surface area contributed by atoms with E-state index in [0.29, 0.717) is 22.5 Å². The maximum Gasteiger partial charge on any atom is 0.257 e. The van der Waals surface area contributed by atoms with E-state index in [1.807, 2.05) is 24.3 Å². The van der Waals surface area contributed by atoms with Gasteiger partial charge in [-0.15, -0.1) is 0 Å². The highest BCUT2D eigenvalue weighted by Gasteiger charge is 2.15. The fourth-order valence-corrected chi connectivity index (χ4v) is 4.11. The van der Waals surface area contributed by atoms with Crippen LogP contribution in [0.2, 0.25) is 0 Å². The molecule has 0 bridgehead atoms. The minimum absolute atomic E-state index is 0.219. The molecule has 0 radical (unpaired) electrons. The SMILES string of the molecule is Cc1cc(NC(=O)c2cncc(C#Cc3[nH]nc4ncccc34)c2)ccc1CN1CCN(C)CC1. The predicted octanol–water partition coefficient (Wildman–Crippen LogP) is 3.06. The summed E-state index contributed by atoms with van der Waals surface area (Å²) in [7, 11) is 2.16. The lowest BCUT2D eigenvalue weighted by atomic mass is 10.1. The summed E-state index contributed by atoms with van der Waals surface area (Å²) in [5, 5.41) is 10.9. The van der Waals surface area contributed by atoms with Crippen molar-refractivity contribution in [2.75, 3.05) is 38.5 Å². The maximum atomic E-state index is 12.9. The van der Waals surface area contributed by atoms with Crippen molar-refractivity contribution in [3.8, 4) is 11.8 Å². The van der Waals surface area contributed by atoms with E-state index in [9.17, 15) is 4.79 Å². The number of aryl methyl sites for hydroxylation is 1. The molecule has 1 fully saturated rings. The monoisotopic (exact) mass is 465 g/mol. The van der Waals surface area contributed by atoms with Gasteiger partial charge in [-0.3, -0.25) is 19.8 Å². The normalized spacial score (nSPS) is 14.5. The zero-order valence-electron chi connectivity index (χ0n) is 19.9. The Kier molecular flexibility index (Phi) is 6.53. The van der Waals surface area contributed by atoms with Gasteiger partial charge in [0.2, 0.25) is 0 Å². The molecule has 0 spiro atoms. The number of piperazine rings is 1. The molecular formula is C27H27N7O. The number of aromatic amines is 1. The Labute approximate surface area is 204 Å². The minimum Gasteiger partial charge on any atom is -0.322 e. The number of hydrogen-bond acceptors (Lipinski definition) is 6. The summed E-state index contributed by atoms with van der Waals surface area (Å²) in [4.78, 5) is 26.1. The van der Waals surface area contributed by atoms with Crippen molar-refractivity contribution >= 4 is 22.6 Å². The standard InChI is InChI=1S/C27H27N7O/c1-19-14-23(7-6-21(19)18-34-12-10-33(2)11-13-34)30-27(35)22-15-20(16-28-17-22)5-8-25-24-4-3-9-29-26(24)32-31-25/h3-4,6-7,9,14-17H,10-13,18H2,1-2H3,(H,30,35)(H,29,31,32). The molecule has 1 saturated heterocycles. The van der Waals surface area contributed by atoms with Crippen LogP contribution in [0.25, 0.3) is 11.0 Å². The molecule has 0 unspecified atom stereocenters. The molecule has 4 heterocycles. The van der Waals surface area contributed by atoms with Crippen LogP contribution in [0.3, 0.4) is 0 Å². The first-order valence-electron chi connectivity index (χ1n) is 11.6. The number of carbonyl (C=O) groups excluding carboxylic acids is 1. The number of rotatable bonds is 4. The molecule has 1 amide bonds. The van der Waals surface area contributed by atoms with Crippen molar-refractivity contribution in [3.05, 3.63) is 82.9 Å². The van der Waals surface area contributed by atoms with Crippen LogP contribution < -0.4 is 5.32 Å². The molecule has 0 aliphatic carbocycles. The summed E-state index contributed by atoms with van der Waals surface area (Å²) < 4.78 is 0. The molecule has 1 aliphatic heterocycles. The summed E-state index contributed by atoms with van der Waals surface area (Å²) in [6, 6.07) is 11.6. The summed E-state index contributed by atoms with van der Waals surface area (Å²) in [5.41, 5.74) is 5.61. The molecule has 3 aromatic heterocycles. The van der Waals surface area contributed by atoms with E-state index in [0.717, 1.165) is 43.8 Å². The molecule has 5 rings (SSSR count). The molecule has 1 aromatic carbocycles. The number of nitrogens with one attached hydrogen (secondary N) is 2. The maximum absolute atomic E-state index is 12.9. The van der Waals surface area contributed by atoms with Gasteiger partial charge in [0.1, 0.15) is 5.69 Å². The quantitative estimate of drug-likeness (QED) is 0.450. The molecule has 8 heteroatoms. The molecular weight excluding hydrogens is 438 g/mol. The number of carbonyl (C=O) groups is 1. The first-order valence-corrected chi connectivity index (χ1v) is 11.6. The summed E-state index contributed by atoms with van der Waals surface area (Å²) in [6.07, 6.45) is 4.87. The van der Waals surface area contributed by atoms with Crippen LogP contribution in [0.4, 0.5) is 5.69 Å². The van der Waals surface area contributed by atoms with Crippen molar-refractivity contribution in [1.29, 1.82) is 0 Å². The number of nitrogens with zero attached hydrogens (tertiary/aromatic N) is 5. The van der Waals surface area contributed by atoms with E-state index in [1.54, 1.807) is 24.7 Å². The number of pyridine rings is 2. The van der Waals surface area contributed by atoms with Crippen molar-refractivity contribution in [3.63, 3.8) is 0 Å². The second-order valence-corrected chi connectivity index (χ2v) is 8.86. The van der Waals surface area contributed by atoms with Crippen LogP contribution in [0.5, 0.6) is 0 Å². The average molecular weight is 466 g/mol. The third-order valence-electron chi connectivity index (χ3n) is 6.25. The van der Waals surface area contributed by atoms with Crippen LogP contribution in [0.1, 0.15) is 32.7 Å². The van der Waals surface area contributed by atoms with E-state index in [-0.39, 0.29) is 5.91 Å². The fourth-order valence-electron chi connectivity index (χ4n) is 4.11. The lowest BCUT2D eigenvalue weighted by Gasteiger charge is -2.32. The molecule has 0 atom stereocenters. The van der Waals surface area contributed by atoms with Gasteiger partial charge in [0.05, 0.1) is 10.9 Å². The number of aromatic nitrogens is 4. The van der Waals surface area contributed by atoms with Gasteiger partial charge in [-0.1, -0.05) is 12.0 Å². The Hall–Kier alpha value is -4.06. The van der Waals surface area contributed by atoms with Crippen LogP contribution in [0, 0.1) is 18.8 Å². The third-order valence-corrected chi connectivity index (χ3v) is 6.25. The molecule has 176 valence electrons. The van der Waals surface area contributed by atoms with Crippen LogP contribution >= 0.6 is 0 Å². The fraction of sp³-hybridized carbons (Fsp3) is 0.259. The molecule has 0 saturated carbocycles. The zero-order chi connectivity index (χ0) is 24.2. The number of hydrogen-bond donors (Lipinski definition) is 2. The van der Waals surface area contributed by atoms with Crippen molar-refractivity contribution in [2.45, 2.75) is 13.5 Å². The molecule has 8 nitrogen and oxygen atoms in total. The first-order chi connectivity index (χ1) is 17.0. The number of H-pyrrole nitrogens is 1. The Balaban J connectivity index is 1.26. The Morgan fingerprint density at radius 1 is 1.11 bits per heavy atom. The van der Waals surface area contributed by atoms with Gasteiger partial charge in [0, 0.05) is 62.6 Å². The number of benzene rings is 1. The van der Waals surface area contributed by atoms with E-state index < -0.39 is 0 Å². The number of likely N-dealkylation sites (N-methyl/N-ethyl adjacent to an activating group) is 1. The minimum atomic E-state index is -0.219. The smallest absolute Gasteiger partial charge is 0.257 e. The second kappa shape index (κ2) is 10.1. The van der Waals surface area contributed by atoms with Gasteiger partial charge in [0.25, 0.3) is 5.91 Å². The molecule has 35 heavy (non-hydrogen) atoms. The Morgan fingerprint density at radius 2 is 1.97 bits per heavy atom. The van der Waals surface area contributed by atoms with Crippen LogP contribution in [0.15, 0.2) is 55.0 Å².